The van der Waals surface area contributed by atoms with Crippen molar-refractivity contribution >= 4 is 17.8 Å². The highest BCUT2D eigenvalue weighted by atomic mass is 19.1. The maximum absolute atomic E-state index is 13.3. The number of carbonyl (C=O) groups is 3. The van der Waals surface area contributed by atoms with Gasteiger partial charge in [-0.2, -0.15) is 0 Å². The average Bonchev–Trinajstić information content (AvgIpc) is 2.84. The van der Waals surface area contributed by atoms with E-state index >= 15 is 0 Å². The maximum atomic E-state index is 13.3. The van der Waals surface area contributed by atoms with Crippen molar-refractivity contribution in [1.29, 1.82) is 0 Å². The molecule has 2 atom stereocenters. The zero-order chi connectivity index (χ0) is 19.4. The van der Waals surface area contributed by atoms with Gasteiger partial charge in [0.15, 0.2) is 0 Å². The Morgan fingerprint density at radius 2 is 1.88 bits per heavy atom. The molecule has 1 saturated heterocycles. The van der Waals surface area contributed by atoms with Gasteiger partial charge in [0.1, 0.15) is 17.7 Å². The number of likely N-dealkylation sites (tertiary alicyclic amines) is 1. The molecule has 6 nitrogen and oxygen atoms in total. The van der Waals surface area contributed by atoms with E-state index in [0.29, 0.717) is 12.0 Å². The van der Waals surface area contributed by atoms with Crippen LogP contribution >= 0.6 is 0 Å². The fourth-order valence-corrected chi connectivity index (χ4v) is 3.08. The van der Waals surface area contributed by atoms with Crippen molar-refractivity contribution in [1.82, 2.24) is 10.2 Å². The van der Waals surface area contributed by atoms with E-state index in [-0.39, 0.29) is 31.2 Å². The first-order valence-corrected chi connectivity index (χ1v) is 8.44. The third-order valence-corrected chi connectivity index (χ3v) is 4.40. The van der Waals surface area contributed by atoms with Crippen LogP contribution in [0.5, 0.6) is 0 Å². The summed E-state index contributed by atoms with van der Waals surface area (Å²) in [7, 11) is 0. The monoisotopic (exact) mass is 368 g/mol. The van der Waals surface area contributed by atoms with Crippen LogP contribution < -0.4 is 5.32 Å². The minimum Gasteiger partial charge on any atom is -0.480 e. The molecular weight excluding hydrogens is 346 g/mol. The summed E-state index contributed by atoms with van der Waals surface area (Å²) in [5.41, 5.74) is 0.300. The fraction of sp³-hybridized carbons (Fsp3) is 0.500. The Morgan fingerprint density at radius 3 is 2.42 bits per heavy atom. The van der Waals surface area contributed by atoms with Crippen LogP contribution in [0.25, 0.3) is 0 Å². The van der Waals surface area contributed by atoms with E-state index in [9.17, 15) is 23.2 Å². The predicted molar refractivity (Wildman–Crippen MR) is 89.0 cm³/mol. The van der Waals surface area contributed by atoms with Crippen LogP contribution in [0.3, 0.4) is 0 Å². The standard InChI is InChI=1S/C18H22F2N2O4/c1-10(2)17(18(25)26)21-15(23)8-14-3-4-16(24)22(14)9-11-5-12(19)7-13(20)6-11/h5-7,10,14,17H,3-4,8-9H2,1-2H3,(H,21,23)(H,25,26)/t14-,17-/m0/s1. The Hall–Kier alpha value is -2.51. The summed E-state index contributed by atoms with van der Waals surface area (Å²) in [5, 5.41) is 11.6. The summed E-state index contributed by atoms with van der Waals surface area (Å²) in [6.45, 7) is 3.37. The van der Waals surface area contributed by atoms with Gasteiger partial charge in [-0.25, -0.2) is 13.6 Å². The normalized spacial score (nSPS) is 18.3. The number of benzene rings is 1. The van der Waals surface area contributed by atoms with Gasteiger partial charge in [-0.05, 0) is 30.0 Å². The zero-order valence-corrected chi connectivity index (χ0v) is 14.7. The number of carbonyl (C=O) groups excluding carboxylic acids is 2. The minimum absolute atomic E-state index is 0.00198. The van der Waals surface area contributed by atoms with Crippen molar-refractivity contribution in [2.24, 2.45) is 5.92 Å². The van der Waals surface area contributed by atoms with E-state index < -0.39 is 35.6 Å². The number of rotatable bonds is 7. The largest absolute Gasteiger partial charge is 0.480 e. The maximum Gasteiger partial charge on any atom is 0.326 e. The van der Waals surface area contributed by atoms with Crippen LogP contribution in [0.2, 0.25) is 0 Å². The van der Waals surface area contributed by atoms with Crippen LogP contribution in [0, 0.1) is 17.6 Å². The molecule has 2 amide bonds. The molecule has 1 aromatic carbocycles. The van der Waals surface area contributed by atoms with E-state index in [2.05, 4.69) is 5.32 Å². The molecule has 0 aromatic heterocycles. The highest BCUT2D eigenvalue weighted by molar-refractivity contribution is 5.85. The van der Waals surface area contributed by atoms with Crippen molar-refractivity contribution in [3.8, 4) is 0 Å². The van der Waals surface area contributed by atoms with Gasteiger partial charge in [-0.3, -0.25) is 9.59 Å². The van der Waals surface area contributed by atoms with Gasteiger partial charge in [-0.1, -0.05) is 13.8 Å². The van der Waals surface area contributed by atoms with E-state index in [1.54, 1.807) is 13.8 Å². The average molecular weight is 368 g/mol. The lowest BCUT2D eigenvalue weighted by Gasteiger charge is -2.26. The summed E-state index contributed by atoms with van der Waals surface area (Å²) in [5.74, 6) is -3.55. The lowest BCUT2D eigenvalue weighted by molar-refractivity contribution is -0.143. The Morgan fingerprint density at radius 1 is 1.27 bits per heavy atom. The van der Waals surface area contributed by atoms with E-state index in [1.165, 1.54) is 4.90 Å². The third-order valence-electron chi connectivity index (χ3n) is 4.40. The summed E-state index contributed by atoms with van der Waals surface area (Å²) < 4.78 is 26.7. The fourth-order valence-electron chi connectivity index (χ4n) is 3.08. The molecule has 0 unspecified atom stereocenters. The number of hydrogen-bond acceptors (Lipinski definition) is 3. The number of aliphatic carboxylic acids is 1. The smallest absolute Gasteiger partial charge is 0.326 e. The van der Waals surface area contributed by atoms with Crippen LogP contribution in [-0.2, 0) is 20.9 Å². The van der Waals surface area contributed by atoms with E-state index in [4.69, 9.17) is 5.11 Å². The quantitative estimate of drug-likeness (QED) is 0.771. The SMILES string of the molecule is CC(C)[C@H](NC(=O)C[C@@H]1CCC(=O)N1Cc1cc(F)cc(F)c1)C(=O)O. The molecule has 2 rings (SSSR count). The first-order chi connectivity index (χ1) is 12.2. The Balaban J connectivity index is 2.04. The van der Waals surface area contributed by atoms with Crippen molar-refractivity contribution in [3.63, 3.8) is 0 Å². The van der Waals surface area contributed by atoms with Crippen molar-refractivity contribution in [3.05, 3.63) is 35.4 Å². The lowest BCUT2D eigenvalue weighted by atomic mass is 10.0. The number of carboxylic acid groups (broad SMARTS) is 1. The lowest BCUT2D eigenvalue weighted by Crippen LogP contribution is -2.46. The van der Waals surface area contributed by atoms with Gasteiger partial charge in [-0.15, -0.1) is 0 Å². The molecule has 1 aromatic rings. The number of nitrogens with zero attached hydrogens (tertiary/aromatic N) is 1. The molecule has 1 aliphatic rings. The molecule has 0 saturated carbocycles. The van der Waals surface area contributed by atoms with Gasteiger partial charge in [0.2, 0.25) is 11.8 Å². The second-order valence-corrected chi connectivity index (χ2v) is 6.82. The first-order valence-electron chi connectivity index (χ1n) is 8.44. The third kappa shape index (κ3) is 5.00. The molecule has 0 aliphatic carbocycles. The second kappa shape index (κ2) is 8.25. The van der Waals surface area contributed by atoms with Gasteiger partial charge in [0.05, 0.1) is 0 Å². The van der Waals surface area contributed by atoms with Gasteiger partial charge in [0.25, 0.3) is 0 Å². The highest BCUT2D eigenvalue weighted by Gasteiger charge is 2.33. The number of hydrogen-bond donors (Lipinski definition) is 2. The Kier molecular flexibility index (Phi) is 6.28. The molecule has 1 aliphatic heterocycles. The van der Waals surface area contributed by atoms with E-state index in [0.717, 1.165) is 18.2 Å². The topological polar surface area (TPSA) is 86.7 Å². The number of halogens is 2. The summed E-state index contributed by atoms with van der Waals surface area (Å²) in [6.07, 6.45) is 0.617. The zero-order valence-electron chi connectivity index (χ0n) is 14.7. The summed E-state index contributed by atoms with van der Waals surface area (Å²) in [4.78, 5) is 36.9. The predicted octanol–water partition coefficient (Wildman–Crippen LogP) is 2.07. The van der Waals surface area contributed by atoms with Crippen molar-refractivity contribution in [2.75, 3.05) is 0 Å². The molecule has 1 heterocycles. The van der Waals surface area contributed by atoms with Crippen LogP contribution in [-0.4, -0.2) is 39.9 Å². The molecule has 0 radical (unpaired) electrons. The van der Waals surface area contributed by atoms with Crippen molar-refractivity contribution < 1.29 is 28.3 Å². The van der Waals surface area contributed by atoms with Crippen LogP contribution in [0.1, 0.15) is 38.7 Å². The highest BCUT2D eigenvalue weighted by Crippen LogP contribution is 2.24. The summed E-state index contributed by atoms with van der Waals surface area (Å²) in [6, 6.07) is 1.59. The van der Waals surface area contributed by atoms with Crippen LogP contribution in [0.15, 0.2) is 18.2 Å². The molecular formula is C18H22F2N2O4. The second-order valence-electron chi connectivity index (χ2n) is 6.82. The Labute approximate surface area is 150 Å². The number of amides is 2. The molecule has 0 spiro atoms. The Bertz CT molecular complexity index is 688. The van der Waals surface area contributed by atoms with Gasteiger partial charge >= 0.3 is 5.97 Å². The molecule has 2 N–H and O–H groups in total. The first kappa shape index (κ1) is 19.8. The molecule has 142 valence electrons. The van der Waals surface area contributed by atoms with E-state index in [1.807, 2.05) is 0 Å². The molecule has 8 heteroatoms. The summed E-state index contributed by atoms with van der Waals surface area (Å²) >= 11 is 0. The number of carboxylic acids is 1. The van der Waals surface area contributed by atoms with Gasteiger partial charge in [0, 0.05) is 31.5 Å². The van der Waals surface area contributed by atoms with Gasteiger partial charge < -0.3 is 15.3 Å². The molecule has 26 heavy (non-hydrogen) atoms. The minimum atomic E-state index is -1.12. The van der Waals surface area contributed by atoms with Crippen molar-refractivity contribution in [2.45, 2.75) is 51.7 Å². The molecule has 0 bridgehead atoms. The molecule has 1 fully saturated rings. The number of nitrogens with one attached hydrogen (secondary N) is 1. The van der Waals surface area contributed by atoms with Crippen LogP contribution in [0.4, 0.5) is 8.78 Å².